The first-order valence-corrected chi connectivity index (χ1v) is 10.9. The van der Waals surface area contributed by atoms with Gasteiger partial charge < -0.3 is 14.2 Å². The number of carbonyl (C=O) groups is 2. The summed E-state index contributed by atoms with van der Waals surface area (Å²) < 4.78 is 30.7. The molecule has 0 bridgehead atoms. The molecule has 0 spiro atoms. The smallest absolute Gasteiger partial charge is 0.333 e. The van der Waals surface area contributed by atoms with Crippen LogP contribution in [0.1, 0.15) is 26.3 Å². The zero-order chi connectivity index (χ0) is 25.3. The molecular formula is C28H31FO5. The lowest BCUT2D eigenvalue weighted by molar-refractivity contribution is -0.144. The van der Waals surface area contributed by atoms with Gasteiger partial charge in [0.25, 0.3) is 0 Å². The van der Waals surface area contributed by atoms with Crippen LogP contribution < -0.4 is 4.74 Å². The predicted molar refractivity (Wildman–Crippen MR) is 131 cm³/mol. The van der Waals surface area contributed by atoms with Gasteiger partial charge in [-0.25, -0.2) is 14.0 Å². The molecule has 0 N–H and O–H groups in total. The first kappa shape index (κ1) is 26.6. The molecule has 2 rings (SSSR count). The lowest BCUT2D eigenvalue weighted by Gasteiger charge is -2.18. The summed E-state index contributed by atoms with van der Waals surface area (Å²) in [6.45, 7) is 16.3. The third-order valence-corrected chi connectivity index (χ3v) is 4.81. The maximum Gasteiger partial charge on any atom is 0.333 e. The number of ether oxygens (including phenoxy) is 3. The molecule has 180 valence electrons. The van der Waals surface area contributed by atoms with Gasteiger partial charge in [-0.15, -0.1) is 0 Å². The Hall–Kier alpha value is -3.67. The Balaban J connectivity index is 2.10. The van der Waals surface area contributed by atoms with Crippen LogP contribution in [-0.4, -0.2) is 31.8 Å². The predicted octanol–water partition coefficient (Wildman–Crippen LogP) is 5.84. The van der Waals surface area contributed by atoms with Crippen LogP contribution in [0, 0.1) is 11.7 Å². The quantitative estimate of drug-likeness (QED) is 0.223. The van der Waals surface area contributed by atoms with Crippen molar-refractivity contribution in [3.05, 3.63) is 90.3 Å². The first-order chi connectivity index (χ1) is 16.1. The molecule has 0 aliphatic heterocycles. The van der Waals surface area contributed by atoms with Gasteiger partial charge in [-0.2, -0.15) is 0 Å². The molecule has 6 heteroatoms. The Bertz CT molecular complexity index is 1040. The first-order valence-electron chi connectivity index (χ1n) is 10.9. The van der Waals surface area contributed by atoms with Gasteiger partial charge in [0.1, 0.15) is 18.2 Å². The average molecular weight is 467 g/mol. The average Bonchev–Trinajstić information content (AvgIpc) is 2.79. The fourth-order valence-corrected chi connectivity index (χ4v) is 2.98. The molecule has 0 unspecified atom stereocenters. The SMILES string of the molecule is C=C(C)COc1ccc(-c2ccc(CC(COC(=O)C(=C)C)COC(=O)C(=C)C)cc2)c(F)c1. The summed E-state index contributed by atoms with van der Waals surface area (Å²) >= 11 is 0. The van der Waals surface area contributed by atoms with Gasteiger partial charge in [-0.1, -0.05) is 44.0 Å². The highest BCUT2D eigenvalue weighted by Gasteiger charge is 2.17. The highest BCUT2D eigenvalue weighted by molar-refractivity contribution is 5.87. The van der Waals surface area contributed by atoms with Crippen molar-refractivity contribution in [1.82, 2.24) is 0 Å². The van der Waals surface area contributed by atoms with E-state index in [1.54, 1.807) is 26.0 Å². The number of benzene rings is 2. The van der Waals surface area contributed by atoms with E-state index in [0.29, 0.717) is 41.1 Å². The van der Waals surface area contributed by atoms with Crippen molar-refractivity contribution in [3.63, 3.8) is 0 Å². The van der Waals surface area contributed by atoms with Crippen molar-refractivity contribution >= 4 is 11.9 Å². The minimum Gasteiger partial charge on any atom is -0.489 e. The van der Waals surface area contributed by atoms with Gasteiger partial charge in [0.15, 0.2) is 0 Å². The Morgan fingerprint density at radius 2 is 1.44 bits per heavy atom. The molecule has 0 aromatic heterocycles. The standard InChI is InChI=1S/C28H31FO5/c1-18(2)15-32-24-11-12-25(26(29)14-24)23-9-7-21(8-10-23)13-22(16-33-27(30)19(3)4)17-34-28(31)20(5)6/h7-12,14,22H,1,3,5,13,15-17H2,2,4,6H3. The Kier molecular flexibility index (Phi) is 9.80. The topological polar surface area (TPSA) is 61.8 Å². The third kappa shape index (κ3) is 8.35. The number of hydrogen-bond donors (Lipinski definition) is 0. The Labute approximate surface area is 200 Å². The van der Waals surface area contributed by atoms with Gasteiger partial charge in [0.05, 0.1) is 13.2 Å². The van der Waals surface area contributed by atoms with Crippen LogP contribution in [0.2, 0.25) is 0 Å². The van der Waals surface area contributed by atoms with E-state index in [1.807, 2.05) is 31.2 Å². The normalized spacial score (nSPS) is 10.5. The van der Waals surface area contributed by atoms with Crippen molar-refractivity contribution in [2.24, 2.45) is 5.92 Å². The van der Waals surface area contributed by atoms with Crippen molar-refractivity contribution in [1.29, 1.82) is 0 Å². The monoisotopic (exact) mass is 466 g/mol. The molecule has 34 heavy (non-hydrogen) atoms. The summed E-state index contributed by atoms with van der Waals surface area (Å²) in [4.78, 5) is 23.6. The second kappa shape index (κ2) is 12.5. The molecule has 2 aromatic rings. The second-order valence-electron chi connectivity index (χ2n) is 8.41. The molecule has 0 fully saturated rings. The van der Waals surface area contributed by atoms with Crippen molar-refractivity contribution in [3.8, 4) is 16.9 Å². The molecule has 2 aromatic carbocycles. The van der Waals surface area contributed by atoms with E-state index in [9.17, 15) is 14.0 Å². The molecule has 0 aliphatic carbocycles. The minimum absolute atomic E-state index is 0.0667. The molecule has 0 atom stereocenters. The van der Waals surface area contributed by atoms with E-state index in [-0.39, 0.29) is 24.9 Å². The van der Waals surface area contributed by atoms with Gasteiger partial charge in [0, 0.05) is 28.7 Å². The fraction of sp³-hybridized carbons (Fsp3) is 0.286. The zero-order valence-electron chi connectivity index (χ0n) is 20.0. The lowest BCUT2D eigenvalue weighted by Crippen LogP contribution is -2.23. The van der Waals surface area contributed by atoms with E-state index < -0.39 is 11.9 Å². The van der Waals surface area contributed by atoms with Gasteiger partial charge in [0.2, 0.25) is 0 Å². The maximum atomic E-state index is 14.6. The van der Waals surface area contributed by atoms with Crippen molar-refractivity contribution in [2.45, 2.75) is 27.2 Å². The zero-order valence-corrected chi connectivity index (χ0v) is 20.0. The number of esters is 2. The Morgan fingerprint density at radius 1 is 0.882 bits per heavy atom. The number of hydrogen-bond acceptors (Lipinski definition) is 5. The van der Waals surface area contributed by atoms with E-state index in [0.717, 1.165) is 11.1 Å². The summed E-state index contributed by atoms with van der Waals surface area (Å²) in [7, 11) is 0. The molecule has 0 saturated heterocycles. The molecule has 5 nitrogen and oxygen atoms in total. The molecule has 0 heterocycles. The summed E-state index contributed by atoms with van der Waals surface area (Å²) in [6.07, 6.45) is 0.489. The van der Waals surface area contributed by atoms with E-state index in [2.05, 4.69) is 19.7 Å². The molecule has 0 saturated carbocycles. The lowest BCUT2D eigenvalue weighted by atomic mass is 9.97. The fourth-order valence-electron chi connectivity index (χ4n) is 2.98. The van der Waals surface area contributed by atoms with Gasteiger partial charge in [-0.3, -0.25) is 0 Å². The van der Waals surface area contributed by atoms with Crippen LogP contribution >= 0.6 is 0 Å². The summed E-state index contributed by atoms with van der Waals surface area (Å²) in [5.41, 5.74) is 3.53. The van der Waals surface area contributed by atoms with Crippen LogP contribution in [0.3, 0.4) is 0 Å². The number of halogens is 1. The van der Waals surface area contributed by atoms with Crippen molar-refractivity contribution in [2.75, 3.05) is 19.8 Å². The Morgan fingerprint density at radius 3 is 1.91 bits per heavy atom. The molecule has 0 amide bonds. The van der Waals surface area contributed by atoms with Crippen LogP contribution in [0.4, 0.5) is 4.39 Å². The molecule has 0 radical (unpaired) electrons. The maximum absolute atomic E-state index is 14.6. The largest absolute Gasteiger partial charge is 0.489 e. The van der Waals surface area contributed by atoms with Crippen LogP contribution in [0.5, 0.6) is 5.75 Å². The summed E-state index contributed by atoms with van der Waals surface area (Å²) in [5, 5.41) is 0. The van der Waals surface area contributed by atoms with Gasteiger partial charge >= 0.3 is 11.9 Å². The van der Waals surface area contributed by atoms with Gasteiger partial charge in [-0.05, 0) is 56.0 Å². The van der Waals surface area contributed by atoms with Crippen LogP contribution in [0.15, 0.2) is 78.9 Å². The summed E-state index contributed by atoms with van der Waals surface area (Å²) in [5.74, 6) is -1.21. The van der Waals surface area contributed by atoms with Crippen LogP contribution in [0.25, 0.3) is 11.1 Å². The molecule has 0 aliphatic rings. The van der Waals surface area contributed by atoms with Crippen molar-refractivity contribution < 1.29 is 28.2 Å². The van der Waals surface area contributed by atoms with E-state index in [4.69, 9.17) is 14.2 Å². The number of carbonyl (C=O) groups excluding carboxylic acids is 2. The molecular weight excluding hydrogens is 435 g/mol. The summed E-state index contributed by atoms with van der Waals surface area (Å²) in [6, 6.07) is 12.1. The minimum atomic E-state index is -0.502. The highest BCUT2D eigenvalue weighted by Crippen LogP contribution is 2.27. The van der Waals surface area contributed by atoms with Crippen LogP contribution in [-0.2, 0) is 25.5 Å². The third-order valence-electron chi connectivity index (χ3n) is 4.81. The van der Waals surface area contributed by atoms with E-state index >= 15 is 0 Å². The van der Waals surface area contributed by atoms with E-state index in [1.165, 1.54) is 6.07 Å². The highest BCUT2D eigenvalue weighted by atomic mass is 19.1. The number of rotatable bonds is 12. The second-order valence-corrected chi connectivity index (χ2v) is 8.41.